The van der Waals surface area contributed by atoms with Gasteiger partial charge >= 0.3 is 5.97 Å². The van der Waals surface area contributed by atoms with E-state index in [0.29, 0.717) is 6.29 Å². The van der Waals surface area contributed by atoms with Crippen LogP contribution in [0.15, 0.2) is 71.2 Å². The first kappa shape index (κ1) is 20.2. The number of aldehydes is 1. The number of aliphatic carboxylic acids is 1. The summed E-state index contributed by atoms with van der Waals surface area (Å²) in [6, 6.07) is 18.5. The third kappa shape index (κ3) is 5.24. The van der Waals surface area contributed by atoms with E-state index >= 15 is 0 Å². The number of carboxylic acids is 1. The molecule has 3 rings (SSSR count). The number of carbonyl (C=O) groups excluding carboxylic acids is 1. The molecule has 0 fully saturated rings. The molecule has 0 bridgehead atoms. The Hall–Kier alpha value is -3.56. The first-order valence-corrected chi connectivity index (χ1v) is 9.35. The van der Waals surface area contributed by atoms with Gasteiger partial charge < -0.3 is 20.4 Å². The van der Waals surface area contributed by atoms with Crippen LogP contribution in [0.4, 0.5) is 5.13 Å². The largest absolute Gasteiger partial charge is 0.476 e. The Morgan fingerprint density at radius 2 is 1.69 bits per heavy atom. The molecule has 1 aromatic heterocycles. The quantitative estimate of drug-likeness (QED) is 0.240. The fourth-order valence-corrected chi connectivity index (χ4v) is 3.07. The first-order valence-electron chi connectivity index (χ1n) is 8.47. The Morgan fingerprint density at radius 1 is 1.10 bits per heavy atom. The number of rotatable bonds is 9. The van der Waals surface area contributed by atoms with Crippen LogP contribution in [-0.4, -0.2) is 34.3 Å². The third-order valence-corrected chi connectivity index (χ3v) is 4.47. The van der Waals surface area contributed by atoms with Gasteiger partial charge in [-0.15, -0.1) is 11.3 Å². The second kappa shape index (κ2) is 9.58. The molecule has 0 amide bonds. The highest BCUT2D eigenvalue weighted by Crippen LogP contribution is 2.27. The first-order chi connectivity index (χ1) is 14.1. The van der Waals surface area contributed by atoms with Crippen LogP contribution in [0.5, 0.6) is 0 Å². The van der Waals surface area contributed by atoms with Crippen molar-refractivity contribution in [1.29, 1.82) is 0 Å². The number of ether oxygens (including phenoxy) is 1. The number of oxime groups is 1. The number of hydrogen-bond donors (Lipinski definition) is 2. The van der Waals surface area contributed by atoms with Gasteiger partial charge in [0.15, 0.2) is 11.4 Å². The summed E-state index contributed by atoms with van der Waals surface area (Å²) in [5.41, 5.74) is 6.67. The van der Waals surface area contributed by atoms with Crippen LogP contribution in [0.25, 0.3) is 0 Å². The Bertz CT molecular complexity index is 952. The molecule has 3 N–H and O–H groups in total. The monoisotopic (exact) mass is 411 g/mol. The Balaban J connectivity index is 1.84. The van der Waals surface area contributed by atoms with Crippen LogP contribution in [0.2, 0.25) is 0 Å². The lowest BCUT2D eigenvalue weighted by molar-refractivity contribution is -0.169. The minimum absolute atomic E-state index is 0.0346. The van der Waals surface area contributed by atoms with Gasteiger partial charge in [-0.05, 0) is 11.1 Å². The highest BCUT2D eigenvalue weighted by molar-refractivity contribution is 7.13. The molecular formula is C20H17N3O5S. The Labute approximate surface area is 170 Å². The molecule has 0 aliphatic heterocycles. The maximum atomic E-state index is 11.5. The second-order valence-electron chi connectivity index (χ2n) is 5.76. The smallest absolute Gasteiger partial charge is 0.360 e. The van der Waals surface area contributed by atoms with Crippen LogP contribution < -0.4 is 5.73 Å². The van der Waals surface area contributed by atoms with Crippen molar-refractivity contribution in [3.63, 3.8) is 0 Å². The number of aromatic nitrogens is 1. The number of nitrogens with zero attached hydrogens (tertiary/aromatic N) is 2. The van der Waals surface area contributed by atoms with Gasteiger partial charge in [0.05, 0.1) is 0 Å². The van der Waals surface area contributed by atoms with Crippen molar-refractivity contribution < 1.29 is 24.3 Å². The van der Waals surface area contributed by atoms with Crippen LogP contribution >= 0.6 is 11.3 Å². The normalized spacial score (nSPS) is 12.5. The van der Waals surface area contributed by atoms with Crippen molar-refractivity contribution in [2.24, 2.45) is 5.16 Å². The molecule has 0 aliphatic carbocycles. The van der Waals surface area contributed by atoms with Crippen LogP contribution in [0.1, 0.15) is 22.9 Å². The van der Waals surface area contributed by atoms with Gasteiger partial charge in [-0.3, -0.25) is 4.79 Å². The lowest BCUT2D eigenvalue weighted by Crippen LogP contribution is -2.23. The van der Waals surface area contributed by atoms with Gasteiger partial charge in [0, 0.05) is 5.38 Å². The van der Waals surface area contributed by atoms with Crippen LogP contribution in [-0.2, 0) is 19.2 Å². The molecule has 0 aliphatic rings. The van der Waals surface area contributed by atoms with E-state index in [0.717, 1.165) is 22.5 Å². The molecule has 8 nitrogen and oxygen atoms in total. The highest BCUT2D eigenvalue weighted by atomic mass is 32.1. The number of nitrogen functional groups attached to an aromatic ring is 1. The molecule has 0 radical (unpaired) electrons. The van der Waals surface area contributed by atoms with Crippen molar-refractivity contribution in [2.75, 3.05) is 5.73 Å². The molecule has 1 unspecified atom stereocenters. The molecule has 0 saturated carbocycles. The summed E-state index contributed by atoms with van der Waals surface area (Å²) in [6.07, 6.45) is -1.66. The van der Waals surface area contributed by atoms with Gasteiger partial charge in [-0.2, -0.15) is 0 Å². The topological polar surface area (TPSA) is 124 Å². The molecule has 0 spiro atoms. The molecule has 29 heavy (non-hydrogen) atoms. The summed E-state index contributed by atoms with van der Waals surface area (Å²) >= 11 is 1.06. The predicted molar refractivity (Wildman–Crippen MR) is 107 cm³/mol. The lowest BCUT2D eigenvalue weighted by Gasteiger charge is -2.21. The summed E-state index contributed by atoms with van der Waals surface area (Å²) in [7, 11) is 0. The number of nitrogens with two attached hydrogens (primary N) is 1. The molecule has 0 saturated heterocycles. The summed E-state index contributed by atoms with van der Waals surface area (Å²) in [4.78, 5) is 31.9. The summed E-state index contributed by atoms with van der Waals surface area (Å²) in [5, 5.41) is 14.5. The van der Waals surface area contributed by atoms with Gasteiger partial charge in [0.1, 0.15) is 11.8 Å². The van der Waals surface area contributed by atoms with Crippen molar-refractivity contribution in [3.05, 3.63) is 82.9 Å². The summed E-state index contributed by atoms with van der Waals surface area (Å²) in [5.74, 6) is -1.37. The van der Waals surface area contributed by atoms with E-state index < -0.39 is 24.1 Å². The summed E-state index contributed by atoms with van der Waals surface area (Å²) < 4.78 is 5.81. The molecule has 1 heterocycles. The third-order valence-electron chi connectivity index (χ3n) is 3.80. The number of hydrogen-bond acceptors (Lipinski definition) is 8. The van der Waals surface area contributed by atoms with Gasteiger partial charge in [-0.25, -0.2) is 9.78 Å². The minimum Gasteiger partial charge on any atom is -0.476 e. The van der Waals surface area contributed by atoms with E-state index in [2.05, 4.69) is 10.1 Å². The van der Waals surface area contributed by atoms with Crippen molar-refractivity contribution in [3.8, 4) is 0 Å². The minimum atomic E-state index is -1.44. The zero-order chi connectivity index (χ0) is 20.6. The fourth-order valence-electron chi connectivity index (χ4n) is 2.52. The zero-order valence-corrected chi connectivity index (χ0v) is 15.9. The molecule has 2 aromatic carbocycles. The predicted octanol–water partition coefficient (Wildman–Crippen LogP) is 2.86. The maximum absolute atomic E-state index is 11.5. The average molecular weight is 411 g/mol. The van der Waals surface area contributed by atoms with E-state index in [1.165, 1.54) is 5.38 Å². The van der Waals surface area contributed by atoms with Crippen molar-refractivity contribution in [1.82, 2.24) is 4.98 Å². The molecule has 148 valence electrons. The molecular weight excluding hydrogens is 394 g/mol. The molecule has 1 atom stereocenters. The summed E-state index contributed by atoms with van der Waals surface area (Å²) in [6.45, 7) is 0. The number of anilines is 1. The van der Waals surface area contributed by atoms with E-state index in [9.17, 15) is 14.7 Å². The Kier molecular flexibility index (Phi) is 6.67. The average Bonchev–Trinajstić information content (AvgIpc) is 3.17. The Morgan fingerprint density at radius 3 is 2.14 bits per heavy atom. The van der Waals surface area contributed by atoms with Crippen LogP contribution in [0, 0.1) is 0 Å². The molecule has 9 heteroatoms. The zero-order valence-electron chi connectivity index (χ0n) is 15.0. The second-order valence-corrected chi connectivity index (χ2v) is 6.65. The van der Waals surface area contributed by atoms with E-state index in [1.807, 2.05) is 60.7 Å². The maximum Gasteiger partial charge on any atom is 0.360 e. The fraction of sp³-hybridized carbons (Fsp3) is 0.100. The SMILES string of the molecule is Nc1nc(C(=NOC(C=O)OC(c2ccccc2)c2ccccc2)C(=O)O)cs1. The molecule has 3 aromatic rings. The van der Waals surface area contributed by atoms with Crippen molar-refractivity contribution in [2.45, 2.75) is 12.4 Å². The number of thiazole rings is 1. The van der Waals surface area contributed by atoms with Crippen molar-refractivity contribution >= 4 is 34.4 Å². The van der Waals surface area contributed by atoms with Gasteiger partial charge in [0.2, 0.25) is 5.71 Å². The number of carbonyl (C=O) groups is 2. The van der Waals surface area contributed by atoms with Gasteiger partial charge in [-0.1, -0.05) is 65.8 Å². The van der Waals surface area contributed by atoms with Crippen LogP contribution in [0.3, 0.4) is 0 Å². The van der Waals surface area contributed by atoms with E-state index in [4.69, 9.17) is 15.3 Å². The number of benzene rings is 2. The van der Waals surface area contributed by atoms with E-state index in [-0.39, 0.29) is 10.8 Å². The van der Waals surface area contributed by atoms with E-state index in [1.54, 1.807) is 0 Å². The lowest BCUT2D eigenvalue weighted by atomic mass is 10.0. The number of carboxylic acid groups (broad SMARTS) is 1. The standard InChI is InChI=1S/C20H17N3O5S/c21-20-22-15(12-29-20)17(19(25)26)23-28-16(11-24)27-18(13-7-3-1-4-8-13)14-9-5-2-6-10-14/h1-12,16,18H,(H2,21,22)(H,25,26). The van der Waals surface area contributed by atoms with Gasteiger partial charge in [0.25, 0.3) is 6.29 Å². The highest BCUT2D eigenvalue weighted by Gasteiger charge is 2.23.